The standard InChI is InChI=1S/C21H23N5O6S/c22-33(28,29)16-5-6-18(26-8-11-30-12-9-26)17(13-16)21(27)31-10-2-4-19-24-20(25-32-19)15-3-1-7-23-14-15/h1,3,5-7,13-14H,2,4,8-12H2,(H2,22,28,29). The number of carbonyl (C=O) groups excluding carboxylic acids is 1. The molecule has 0 unspecified atom stereocenters. The summed E-state index contributed by atoms with van der Waals surface area (Å²) >= 11 is 0. The fraction of sp³-hybridized carbons (Fsp3) is 0.333. The number of carbonyl (C=O) groups is 1. The summed E-state index contributed by atoms with van der Waals surface area (Å²) in [6.45, 7) is 2.26. The second-order valence-corrected chi connectivity index (χ2v) is 8.88. The van der Waals surface area contributed by atoms with E-state index in [1.54, 1.807) is 24.5 Å². The molecule has 1 aliphatic heterocycles. The van der Waals surface area contributed by atoms with Gasteiger partial charge in [0.05, 0.1) is 36.0 Å². The maximum absolute atomic E-state index is 12.8. The molecule has 0 radical (unpaired) electrons. The molecule has 11 nitrogen and oxygen atoms in total. The summed E-state index contributed by atoms with van der Waals surface area (Å²) in [6.07, 6.45) is 4.15. The number of sulfonamides is 1. The molecule has 4 rings (SSSR count). The van der Waals surface area contributed by atoms with Crippen molar-refractivity contribution in [3.05, 3.63) is 54.2 Å². The van der Waals surface area contributed by atoms with Gasteiger partial charge in [-0.2, -0.15) is 4.98 Å². The minimum atomic E-state index is -3.97. The van der Waals surface area contributed by atoms with Gasteiger partial charge in [0.1, 0.15) is 0 Å². The number of nitrogens with zero attached hydrogens (tertiary/aromatic N) is 4. The van der Waals surface area contributed by atoms with Crippen LogP contribution in [0.15, 0.2) is 52.1 Å². The molecule has 1 fully saturated rings. The molecule has 1 aliphatic rings. The molecule has 1 aromatic carbocycles. The van der Waals surface area contributed by atoms with Crippen LogP contribution < -0.4 is 10.0 Å². The molecule has 2 aromatic heterocycles. The van der Waals surface area contributed by atoms with E-state index in [4.69, 9.17) is 19.1 Å². The molecule has 0 amide bonds. The Hall–Kier alpha value is -3.35. The topological polar surface area (TPSA) is 151 Å². The lowest BCUT2D eigenvalue weighted by molar-refractivity contribution is 0.0498. The molecule has 0 spiro atoms. The van der Waals surface area contributed by atoms with Crippen LogP contribution in [0.1, 0.15) is 22.7 Å². The molecule has 1 saturated heterocycles. The fourth-order valence-corrected chi connectivity index (χ4v) is 3.91. The average Bonchev–Trinajstić information content (AvgIpc) is 3.31. The van der Waals surface area contributed by atoms with Gasteiger partial charge < -0.3 is 18.9 Å². The summed E-state index contributed by atoms with van der Waals surface area (Å²) in [5.74, 6) is 0.212. The molecule has 3 aromatic rings. The van der Waals surface area contributed by atoms with Crippen LogP contribution in [0.3, 0.4) is 0 Å². The summed E-state index contributed by atoms with van der Waals surface area (Å²) < 4.78 is 39.6. The maximum Gasteiger partial charge on any atom is 0.340 e. The zero-order chi connectivity index (χ0) is 23.3. The number of pyridine rings is 1. The Morgan fingerprint density at radius 2 is 2.03 bits per heavy atom. The summed E-state index contributed by atoms with van der Waals surface area (Å²) in [7, 11) is -3.97. The van der Waals surface area contributed by atoms with Crippen LogP contribution in [0.25, 0.3) is 11.4 Å². The number of benzene rings is 1. The van der Waals surface area contributed by atoms with E-state index >= 15 is 0 Å². The molecular weight excluding hydrogens is 450 g/mol. The molecule has 174 valence electrons. The number of anilines is 1. The van der Waals surface area contributed by atoms with Crippen molar-refractivity contribution in [2.24, 2.45) is 5.14 Å². The van der Waals surface area contributed by atoms with Gasteiger partial charge in [-0.15, -0.1) is 0 Å². The molecule has 0 aliphatic carbocycles. The van der Waals surface area contributed by atoms with Crippen LogP contribution in [0, 0.1) is 0 Å². The number of nitrogens with two attached hydrogens (primary N) is 1. The van der Waals surface area contributed by atoms with E-state index in [0.717, 1.165) is 5.56 Å². The highest BCUT2D eigenvalue weighted by Gasteiger charge is 2.22. The first-order valence-electron chi connectivity index (χ1n) is 10.3. The number of hydrogen-bond donors (Lipinski definition) is 1. The predicted octanol–water partition coefficient (Wildman–Crippen LogP) is 1.41. The number of aryl methyl sites for hydroxylation is 1. The van der Waals surface area contributed by atoms with E-state index < -0.39 is 16.0 Å². The van der Waals surface area contributed by atoms with Crippen molar-refractivity contribution in [1.82, 2.24) is 15.1 Å². The van der Waals surface area contributed by atoms with Gasteiger partial charge in [-0.05, 0) is 36.8 Å². The number of rotatable bonds is 8. The first-order valence-corrected chi connectivity index (χ1v) is 11.9. The molecule has 0 bridgehead atoms. The van der Waals surface area contributed by atoms with Crippen LogP contribution in [0.5, 0.6) is 0 Å². The monoisotopic (exact) mass is 473 g/mol. The van der Waals surface area contributed by atoms with Gasteiger partial charge >= 0.3 is 5.97 Å². The zero-order valence-corrected chi connectivity index (χ0v) is 18.5. The molecule has 2 N–H and O–H groups in total. The Bertz CT molecular complexity index is 1210. The number of aromatic nitrogens is 3. The second kappa shape index (κ2) is 10.1. The first-order chi connectivity index (χ1) is 15.9. The number of esters is 1. The maximum atomic E-state index is 12.8. The van der Waals surface area contributed by atoms with Gasteiger partial charge in [-0.1, -0.05) is 5.16 Å². The van der Waals surface area contributed by atoms with Crippen molar-refractivity contribution in [3.8, 4) is 11.4 Å². The third-order valence-corrected chi connectivity index (χ3v) is 5.94. The fourth-order valence-electron chi connectivity index (χ4n) is 3.37. The van der Waals surface area contributed by atoms with E-state index in [9.17, 15) is 13.2 Å². The van der Waals surface area contributed by atoms with Crippen molar-refractivity contribution < 1.29 is 27.2 Å². The van der Waals surface area contributed by atoms with Gasteiger partial charge in [0.2, 0.25) is 21.7 Å². The predicted molar refractivity (Wildman–Crippen MR) is 117 cm³/mol. The number of hydrogen-bond acceptors (Lipinski definition) is 10. The van der Waals surface area contributed by atoms with E-state index in [1.165, 1.54) is 12.1 Å². The third-order valence-electron chi connectivity index (χ3n) is 5.02. The van der Waals surface area contributed by atoms with Crippen molar-refractivity contribution >= 4 is 21.7 Å². The molecular formula is C21H23N5O6S. The van der Waals surface area contributed by atoms with Crippen molar-refractivity contribution in [2.45, 2.75) is 17.7 Å². The Kier molecular flexibility index (Phi) is 6.96. The molecule has 33 heavy (non-hydrogen) atoms. The van der Waals surface area contributed by atoms with Crippen LogP contribution in [0.2, 0.25) is 0 Å². The average molecular weight is 474 g/mol. The summed E-state index contributed by atoms with van der Waals surface area (Å²) in [6, 6.07) is 7.80. The van der Waals surface area contributed by atoms with E-state index in [-0.39, 0.29) is 17.1 Å². The number of morpholine rings is 1. The Labute approximate surface area is 190 Å². The second-order valence-electron chi connectivity index (χ2n) is 7.32. The number of ether oxygens (including phenoxy) is 2. The largest absolute Gasteiger partial charge is 0.462 e. The normalized spacial score (nSPS) is 14.3. The molecule has 3 heterocycles. The third kappa shape index (κ3) is 5.72. The van der Waals surface area contributed by atoms with Crippen molar-refractivity contribution in [2.75, 3.05) is 37.8 Å². The SMILES string of the molecule is NS(=O)(=O)c1ccc(N2CCOCC2)c(C(=O)OCCCc2nc(-c3cccnc3)no2)c1. The van der Waals surface area contributed by atoms with Crippen molar-refractivity contribution in [1.29, 1.82) is 0 Å². The lowest BCUT2D eigenvalue weighted by Gasteiger charge is -2.30. The van der Waals surface area contributed by atoms with Gasteiger partial charge in [-0.3, -0.25) is 4.98 Å². The highest BCUT2D eigenvalue weighted by atomic mass is 32.2. The lowest BCUT2D eigenvalue weighted by Crippen LogP contribution is -2.37. The quantitative estimate of drug-likeness (QED) is 0.375. The van der Waals surface area contributed by atoms with E-state index in [1.807, 2.05) is 11.0 Å². The van der Waals surface area contributed by atoms with Crippen molar-refractivity contribution in [3.63, 3.8) is 0 Å². The Balaban J connectivity index is 1.40. The van der Waals surface area contributed by atoms with Gasteiger partial charge in [0.15, 0.2) is 0 Å². The minimum absolute atomic E-state index is 0.0889. The van der Waals surface area contributed by atoms with Crippen LogP contribution in [0.4, 0.5) is 5.69 Å². The summed E-state index contributed by atoms with van der Waals surface area (Å²) in [5.41, 5.74) is 1.46. The summed E-state index contributed by atoms with van der Waals surface area (Å²) in [5, 5.41) is 9.17. The number of primary sulfonamides is 1. The molecule has 0 atom stereocenters. The zero-order valence-electron chi connectivity index (χ0n) is 17.7. The van der Waals surface area contributed by atoms with E-state index in [0.29, 0.717) is 56.5 Å². The highest BCUT2D eigenvalue weighted by Crippen LogP contribution is 2.26. The van der Waals surface area contributed by atoms with Crippen LogP contribution >= 0.6 is 0 Å². The lowest BCUT2D eigenvalue weighted by atomic mass is 10.1. The van der Waals surface area contributed by atoms with Gasteiger partial charge in [-0.25, -0.2) is 18.4 Å². The smallest absolute Gasteiger partial charge is 0.340 e. The van der Waals surface area contributed by atoms with Crippen LogP contribution in [-0.2, 0) is 25.9 Å². The van der Waals surface area contributed by atoms with Gasteiger partial charge in [0, 0.05) is 37.5 Å². The van der Waals surface area contributed by atoms with Gasteiger partial charge in [0.25, 0.3) is 0 Å². The first kappa shape index (κ1) is 22.8. The van der Waals surface area contributed by atoms with E-state index in [2.05, 4.69) is 15.1 Å². The minimum Gasteiger partial charge on any atom is -0.462 e. The Morgan fingerprint density at radius 1 is 1.21 bits per heavy atom. The Morgan fingerprint density at radius 3 is 2.76 bits per heavy atom. The van der Waals surface area contributed by atoms with Crippen LogP contribution in [-0.4, -0.2) is 62.4 Å². The molecule has 0 saturated carbocycles. The highest BCUT2D eigenvalue weighted by molar-refractivity contribution is 7.89. The molecule has 12 heteroatoms. The summed E-state index contributed by atoms with van der Waals surface area (Å²) in [4.78, 5) is 22.9.